The van der Waals surface area contributed by atoms with E-state index < -0.39 is 0 Å². The Morgan fingerprint density at radius 2 is 1.89 bits per heavy atom. The highest BCUT2D eigenvalue weighted by Crippen LogP contribution is 2.30. The number of benzene rings is 2. The van der Waals surface area contributed by atoms with Gasteiger partial charge in [0.1, 0.15) is 11.3 Å². The molecule has 27 heavy (non-hydrogen) atoms. The second kappa shape index (κ2) is 8.44. The van der Waals surface area contributed by atoms with Gasteiger partial charge in [0.05, 0.1) is 23.8 Å². The molecule has 3 rings (SSSR count). The molecule has 0 atom stereocenters. The highest BCUT2D eigenvalue weighted by Gasteiger charge is 2.10. The van der Waals surface area contributed by atoms with E-state index in [2.05, 4.69) is 19.1 Å². The molecule has 0 N–H and O–H groups in total. The lowest BCUT2D eigenvalue weighted by atomic mass is 10.1. The van der Waals surface area contributed by atoms with Crippen LogP contribution in [0.3, 0.4) is 0 Å². The summed E-state index contributed by atoms with van der Waals surface area (Å²) in [6, 6.07) is 15.6. The molecule has 0 aliphatic carbocycles. The Hall–Kier alpha value is -2.53. The average Bonchev–Trinajstić information content (AvgIpc) is 2.66. The number of esters is 1. The van der Waals surface area contributed by atoms with Gasteiger partial charge in [-0.3, -0.25) is 0 Å². The third-order valence-corrected chi connectivity index (χ3v) is 5.11. The lowest BCUT2D eigenvalue weighted by Gasteiger charge is -2.10. The molecule has 0 fully saturated rings. The normalized spacial score (nSPS) is 11.0. The zero-order valence-electron chi connectivity index (χ0n) is 16.0. The lowest BCUT2D eigenvalue weighted by Crippen LogP contribution is -2.11. The largest absolute Gasteiger partial charge is 0.494 e. The molecule has 0 bridgehead atoms. The molecule has 0 radical (unpaired) electrons. The Balaban J connectivity index is 1.74. The summed E-state index contributed by atoms with van der Waals surface area (Å²) in [5.41, 5.74) is 3.75. The molecule has 4 nitrogen and oxygen atoms in total. The van der Waals surface area contributed by atoms with Gasteiger partial charge in [-0.05, 0) is 56.2 Å². The van der Waals surface area contributed by atoms with Crippen molar-refractivity contribution in [1.29, 1.82) is 0 Å². The SMILES string of the molecule is COc1cccc2c(C)cc(SCc3ccc(C(=O)OC(C)C)cc3)nc12. The van der Waals surface area contributed by atoms with Crippen molar-refractivity contribution < 1.29 is 14.3 Å². The summed E-state index contributed by atoms with van der Waals surface area (Å²) in [4.78, 5) is 16.7. The van der Waals surface area contributed by atoms with Crippen LogP contribution in [-0.2, 0) is 10.5 Å². The number of para-hydroxylation sites is 1. The molecule has 1 aromatic heterocycles. The van der Waals surface area contributed by atoms with Crippen molar-refractivity contribution in [2.24, 2.45) is 0 Å². The highest BCUT2D eigenvalue weighted by molar-refractivity contribution is 7.98. The minimum Gasteiger partial charge on any atom is -0.494 e. The minimum atomic E-state index is -0.289. The first kappa shape index (κ1) is 19.2. The van der Waals surface area contributed by atoms with Gasteiger partial charge >= 0.3 is 5.97 Å². The number of methoxy groups -OCH3 is 1. The van der Waals surface area contributed by atoms with E-state index in [0.717, 1.165) is 33.0 Å². The first-order valence-corrected chi connectivity index (χ1v) is 9.83. The second-order valence-electron chi connectivity index (χ2n) is 6.57. The Morgan fingerprint density at radius 1 is 1.15 bits per heavy atom. The van der Waals surface area contributed by atoms with Gasteiger partial charge in [0.2, 0.25) is 0 Å². The van der Waals surface area contributed by atoms with Gasteiger partial charge in [0.15, 0.2) is 0 Å². The van der Waals surface area contributed by atoms with Crippen molar-refractivity contribution in [3.8, 4) is 5.75 Å². The maximum absolute atomic E-state index is 11.9. The molecule has 0 unspecified atom stereocenters. The first-order chi connectivity index (χ1) is 13.0. The topological polar surface area (TPSA) is 48.4 Å². The van der Waals surface area contributed by atoms with Crippen LogP contribution in [0.5, 0.6) is 5.75 Å². The van der Waals surface area contributed by atoms with Crippen molar-refractivity contribution in [3.05, 3.63) is 65.2 Å². The predicted molar refractivity (Wildman–Crippen MR) is 110 cm³/mol. The molecule has 0 spiro atoms. The maximum atomic E-state index is 11.9. The van der Waals surface area contributed by atoms with Crippen LogP contribution in [0.15, 0.2) is 53.6 Å². The number of ether oxygens (including phenoxy) is 2. The van der Waals surface area contributed by atoms with Crippen molar-refractivity contribution in [2.75, 3.05) is 7.11 Å². The van der Waals surface area contributed by atoms with Crippen molar-refractivity contribution in [2.45, 2.75) is 37.7 Å². The minimum absolute atomic E-state index is 0.119. The number of aryl methyl sites for hydroxylation is 1. The molecular weight excluding hydrogens is 358 g/mol. The molecule has 0 aliphatic rings. The fourth-order valence-electron chi connectivity index (χ4n) is 2.78. The number of hydrogen-bond acceptors (Lipinski definition) is 5. The monoisotopic (exact) mass is 381 g/mol. The predicted octanol–water partition coefficient (Wildman–Crippen LogP) is 5.41. The first-order valence-electron chi connectivity index (χ1n) is 8.85. The van der Waals surface area contributed by atoms with Gasteiger partial charge in [0.25, 0.3) is 0 Å². The van der Waals surface area contributed by atoms with E-state index in [-0.39, 0.29) is 12.1 Å². The van der Waals surface area contributed by atoms with Crippen molar-refractivity contribution >= 4 is 28.6 Å². The van der Waals surface area contributed by atoms with Gasteiger partial charge in [0, 0.05) is 11.1 Å². The zero-order valence-corrected chi connectivity index (χ0v) is 16.8. The van der Waals surface area contributed by atoms with Crippen molar-refractivity contribution in [1.82, 2.24) is 4.98 Å². The summed E-state index contributed by atoms with van der Waals surface area (Å²) >= 11 is 1.66. The molecule has 1 heterocycles. The molecular formula is C22H23NO3S. The third-order valence-electron chi connectivity index (χ3n) is 4.12. The number of hydrogen-bond donors (Lipinski definition) is 0. The lowest BCUT2D eigenvalue weighted by molar-refractivity contribution is 0.0378. The summed E-state index contributed by atoms with van der Waals surface area (Å²) in [6.45, 7) is 5.77. The number of fused-ring (bicyclic) bond motifs is 1. The number of thioether (sulfide) groups is 1. The Labute approximate surface area is 163 Å². The van der Waals surface area contributed by atoms with Crippen LogP contribution in [0.1, 0.15) is 35.3 Å². The Bertz CT molecular complexity index is 952. The van der Waals surface area contributed by atoms with E-state index in [1.165, 1.54) is 5.56 Å². The molecule has 140 valence electrons. The summed E-state index contributed by atoms with van der Waals surface area (Å²) in [7, 11) is 1.66. The number of rotatable bonds is 6. The summed E-state index contributed by atoms with van der Waals surface area (Å²) < 4.78 is 10.7. The maximum Gasteiger partial charge on any atom is 0.338 e. The number of nitrogens with zero attached hydrogens (tertiary/aromatic N) is 1. The van der Waals surface area contributed by atoms with Crippen LogP contribution in [0.2, 0.25) is 0 Å². The summed E-state index contributed by atoms with van der Waals surface area (Å²) in [6.07, 6.45) is -0.119. The fraction of sp³-hybridized carbons (Fsp3) is 0.273. The highest BCUT2D eigenvalue weighted by atomic mass is 32.2. The van der Waals surface area contributed by atoms with Crippen LogP contribution in [0.25, 0.3) is 10.9 Å². The van der Waals surface area contributed by atoms with E-state index >= 15 is 0 Å². The van der Waals surface area contributed by atoms with Gasteiger partial charge in [-0.1, -0.05) is 24.3 Å². The van der Waals surface area contributed by atoms with Crippen LogP contribution in [0, 0.1) is 6.92 Å². The standard InChI is InChI=1S/C22H23NO3S/c1-14(2)26-22(24)17-10-8-16(9-11-17)13-27-20-12-15(3)18-6-5-7-19(25-4)21(18)23-20/h5-12,14H,13H2,1-4H3. The Kier molecular flexibility index (Phi) is 6.01. The summed E-state index contributed by atoms with van der Waals surface area (Å²) in [5.74, 6) is 1.27. The van der Waals surface area contributed by atoms with Gasteiger partial charge in [-0.15, -0.1) is 11.8 Å². The molecule has 2 aromatic carbocycles. The van der Waals surface area contributed by atoms with E-state index in [9.17, 15) is 4.79 Å². The summed E-state index contributed by atoms with van der Waals surface area (Å²) in [5, 5.41) is 2.06. The van der Waals surface area contributed by atoms with E-state index in [1.807, 2.05) is 50.2 Å². The van der Waals surface area contributed by atoms with Gasteiger partial charge in [-0.2, -0.15) is 0 Å². The quantitative estimate of drug-likeness (QED) is 0.422. The Morgan fingerprint density at radius 3 is 2.56 bits per heavy atom. The number of carbonyl (C=O) groups is 1. The van der Waals surface area contributed by atoms with Crippen LogP contribution >= 0.6 is 11.8 Å². The average molecular weight is 381 g/mol. The van der Waals surface area contributed by atoms with Crippen LogP contribution in [-0.4, -0.2) is 24.2 Å². The van der Waals surface area contributed by atoms with Crippen molar-refractivity contribution in [3.63, 3.8) is 0 Å². The molecule has 0 amide bonds. The number of aromatic nitrogens is 1. The molecule has 5 heteroatoms. The second-order valence-corrected chi connectivity index (χ2v) is 7.57. The number of carbonyl (C=O) groups excluding carboxylic acids is 1. The zero-order chi connectivity index (χ0) is 19.4. The fourth-order valence-corrected chi connectivity index (χ4v) is 3.70. The van der Waals surface area contributed by atoms with E-state index in [4.69, 9.17) is 14.5 Å². The molecule has 3 aromatic rings. The molecule has 0 aliphatic heterocycles. The van der Waals surface area contributed by atoms with Gasteiger partial charge < -0.3 is 9.47 Å². The van der Waals surface area contributed by atoms with E-state index in [0.29, 0.717) is 5.56 Å². The molecule has 0 saturated heterocycles. The number of pyridine rings is 1. The third kappa shape index (κ3) is 4.61. The molecule has 0 saturated carbocycles. The van der Waals surface area contributed by atoms with Crippen LogP contribution < -0.4 is 4.74 Å². The van der Waals surface area contributed by atoms with Crippen LogP contribution in [0.4, 0.5) is 0 Å². The smallest absolute Gasteiger partial charge is 0.338 e. The van der Waals surface area contributed by atoms with E-state index in [1.54, 1.807) is 18.9 Å². The van der Waals surface area contributed by atoms with Gasteiger partial charge in [-0.25, -0.2) is 9.78 Å².